The number of nitrogens with zero attached hydrogens (tertiary/aromatic N) is 1. The highest BCUT2D eigenvalue weighted by atomic mass is 16.5. The maximum atomic E-state index is 11.7. The van der Waals surface area contributed by atoms with Crippen LogP contribution in [0.1, 0.15) is 36.0 Å². The van der Waals surface area contributed by atoms with Gasteiger partial charge in [0.05, 0.1) is 5.56 Å². The Morgan fingerprint density at radius 1 is 1.33 bits per heavy atom. The molecule has 0 aromatic carbocycles. The average molecular weight is 206 g/mol. The fourth-order valence-corrected chi connectivity index (χ4v) is 1.90. The van der Waals surface area contributed by atoms with Crippen LogP contribution in [0.2, 0.25) is 0 Å². The zero-order valence-electron chi connectivity index (χ0n) is 8.48. The van der Waals surface area contributed by atoms with Crippen molar-refractivity contribution in [3.05, 3.63) is 35.3 Å². The van der Waals surface area contributed by atoms with E-state index in [4.69, 9.17) is 0 Å². The standard InChI is InChI=1S/C11H14N2O2/c14-11(12-10-3-1-2-4-10)9-5-7-13(15)8-6-9/h5-8,10H,1-4H2,(H,12,14). The maximum Gasteiger partial charge on any atom is 0.251 e. The first kappa shape index (κ1) is 9.96. The number of rotatable bonds is 2. The third-order valence-corrected chi connectivity index (χ3v) is 2.75. The van der Waals surface area contributed by atoms with E-state index in [0.717, 1.165) is 12.8 Å². The molecule has 1 aromatic heterocycles. The van der Waals surface area contributed by atoms with Crippen LogP contribution >= 0.6 is 0 Å². The number of hydrogen-bond acceptors (Lipinski definition) is 2. The summed E-state index contributed by atoms with van der Waals surface area (Å²) < 4.78 is 0.673. The van der Waals surface area contributed by atoms with Gasteiger partial charge in [-0.25, -0.2) is 0 Å². The SMILES string of the molecule is O=C(NC1CCCC1)c1cc[n+]([O-])cc1. The van der Waals surface area contributed by atoms with Crippen LogP contribution in [0, 0.1) is 5.21 Å². The summed E-state index contributed by atoms with van der Waals surface area (Å²) in [6, 6.07) is 3.39. The van der Waals surface area contributed by atoms with E-state index < -0.39 is 0 Å². The molecular formula is C11H14N2O2. The number of carbonyl (C=O) groups is 1. The van der Waals surface area contributed by atoms with Crippen molar-refractivity contribution < 1.29 is 9.52 Å². The lowest BCUT2D eigenvalue weighted by atomic mass is 10.2. The second-order valence-corrected chi connectivity index (χ2v) is 3.90. The van der Waals surface area contributed by atoms with Gasteiger partial charge in [0, 0.05) is 18.2 Å². The van der Waals surface area contributed by atoms with Crippen molar-refractivity contribution in [1.82, 2.24) is 5.32 Å². The zero-order chi connectivity index (χ0) is 10.7. The lowest BCUT2D eigenvalue weighted by molar-refractivity contribution is -0.605. The molecular weight excluding hydrogens is 192 g/mol. The van der Waals surface area contributed by atoms with Crippen molar-refractivity contribution in [1.29, 1.82) is 0 Å². The molecule has 1 saturated carbocycles. The van der Waals surface area contributed by atoms with Crippen LogP contribution in [0.5, 0.6) is 0 Å². The Labute approximate surface area is 88.5 Å². The largest absolute Gasteiger partial charge is 0.619 e. The first-order chi connectivity index (χ1) is 7.25. The van der Waals surface area contributed by atoms with E-state index in [1.165, 1.54) is 37.4 Å². The van der Waals surface area contributed by atoms with Gasteiger partial charge in [-0.2, -0.15) is 4.73 Å². The van der Waals surface area contributed by atoms with Gasteiger partial charge in [-0.1, -0.05) is 12.8 Å². The van der Waals surface area contributed by atoms with Gasteiger partial charge < -0.3 is 10.5 Å². The van der Waals surface area contributed by atoms with Crippen molar-refractivity contribution >= 4 is 5.91 Å². The topological polar surface area (TPSA) is 56.0 Å². The number of nitrogens with one attached hydrogen (secondary N) is 1. The minimum absolute atomic E-state index is 0.0810. The smallest absolute Gasteiger partial charge is 0.251 e. The van der Waals surface area contributed by atoms with E-state index in [2.05, 4.69) is 5.32 Å². The lowest BCUT2D eigenvalue weighted by Crippen LogP contribution is -2.33. The van der Waals surface area contributed by atoms with E-state index in [-0.39, 0.29) is 5.91 Å². The third kappa shape index (κ3) is 2.46. The molecule has 1 amide bonds. The summed E-state index contributed by atoms with van der Waals surface area (Å²) in [5.74, 6) is -0.0810. The highest BCUT2D eigenvalue weighted by Crippen LogP contribution is 2.17. The Hall–Kier alpha value is -1.58. The summed E-state index contributed by atoms with van der Waals surface area (Å²) in [6.45, 7) is 0. The summed E-state index contributed by atoms with van der Waals surface area (Å²) >= 11 is 0. The summed E-state index contributed by atoms with van der Waals surface area (Å²) in [5.41, 5.74) is 0.550. The van der Waals surface area contributed by atoms with Crippen LogP contribution < -0.4 is 10.0 Å². The first-order valence-corrected chi connectivity index (χ1v) is 5.25. The van der Waals surface area contributed by atoms with Gasteiger partial charge in [-0.15, -0.1) is 0 Å². The lowest BCUT2D eigenvalue weighted by Gasteiger charge is -2.11. The molecule has 0 unspecified atom stereocenters. The Morgan fingerprint density at radius 3 is 2.53 bits per heavy atom. The summed E-state index contributed by atoms with van der Waals surface area (Å²) in [6.07, 6.45) is 7.20. The Bertz CT molecular complexity index is 342. The fourth-order valence-electron chi connectivity index (χ4n) is 1.90. The van der Waals surface area contributed by atoms with Crippen LogP contribution in [0.25, 0.3) is 0 Å². The van der Waals surface area contributed by atoms with E-state index in [9.17, 15) is 10.0 Å². The molecule has 1 aromatic rings. The molecule has 1 N–H and O–H groups in total. The molecule has 4 heteroatoms. The van der Waals surface area contributed by atoms with Gasteiger partial charge in [0.15, 0.2) is 12.4 Å². The molecule has 0 aliphatic heterocycles. The Morgan fingerprint density at radius 2 is 1.93 bits per heavy atom. The van der Waals surface area contributed by atoms with Crippen molar-refractivity contribution in [2.75, 3.05) is 0 Å². The van der Waals surface area contributed by atoms with E-state index in [1.54, 1.807) is 0 Å². The zero-order valence-corrected chi connectivity index (χ0v) is 8.48. The minimum atomic E-state index is -0.0810. The monoisotopic (exact) mass is 206 g/mol. The fraction of sp³-hybridized carbons (Fsp3) is 0.455. The van der Waals surface area contributed by atoms with Crippen LogP contribution in [-0.4, -0.2) is 11.9 Å². The molecule has 80 valence electrons. The Kier molecular flexibility index (Phi) is 2.85. The van der Waals surface area contributed by atoms with Crippen LogP contribution in [0.4, 0.5) is 0 Å². The molecule has 1 fully saturated rings. The molecule has 0 bridgehead atoms. The molecule has 0 radical (unpaired) electrons. The highest BCUT2D eigenvalue weighted by Gasteiger charge is 2.17. The first-order valence-electron chi connectivity index (χ1n) is 5.25. The van der Waals surface area contributed by atoms with Gasteiger partial charge in [0.2, 0.25) is 0 Å². The van der Waals surface area contributed by atoms with Gasteiger partial charge in [-0.3, -0.25) is 4.79 Å². The molecule has 4 nitrogen and oxygen atoms in total. The quantitative estimate of drug-likeness (QED) is 0.579. The summed E-state index contributed by atoms with van der Waals surface area (Å²) in [4.78, 5) is 11.7. The molecule has 15 heavy (non-hydrogen) atoms. The molecule has 1 aliphatic rings. The van der Waals surface area contributed by atoms with Crippen LogP contribution in [0.3, 0.4) is 0 Å². The molecule has 1 aliphatic carbocycles. The predicted molar refractivity (Wildman–Crippen MR) is 55.1 cm³/mol. The Balaban J connectivity index is 1.98. The van der Waals surface area contributed by atoms with Crippen LogP contribution in [-0.2, 0) is 0 Å². The molecule has 0 saturated heterocycles. The highest BCUT2D eigenvalue weighted by molar-refractivity contribution is 5.94. The molecule has 0 atom stereocenters. The molecule has 1 heterocycles. The molecule has 0 spiro atoms. The van der Waals surface area contributed by atoms with Crippen molar-refractivity contribution in [2.24, 2.45) is 0 Å². The van der Waals surface area contributed by atoms with Gasteiger partial charge in [-0.05, 0) is 12.8 Å². The summed E-state index contributed by atoms with van der Waals surface area (Å²) in [5, 5.41) is 13.7. The number of carbonyl (C=O) groups excluding carboxylic acids is 1. The van der Waals surface area contributed by atoms with Gasteiger partial charge >= 0.3 is 0 Å². The van der Waals surface area contributed by atoms with Crippen molar-refractivity contribution in [3.63, 3.8) is 0 Å². The van der Waals surface area contributed by atoms with E-state index in [0.29, 0.717) is 16.3 Å². The average Bonchev–Trinajstić information content (AvgIpc) is 2.71. The second-order valence-electron chi connectivity index (χ2n) is 3.90. The third-order valence-electron chi connectivity index (χ3n) is 2.75. The number of pyridine rings is 1. The van der Waals surface area contributed by atoms with Crippen molar-refractivity contribution in [2.45, 2.75) is 31.7 Å². The van der Waals surface area contributed by atoms with Gasteiger partial charge in [0.1, 0.15) is 0 Å². The number of amides is 1. The number of hydrogen-bond donors (Lipinski definition) is 1. The molecule has 2 rings (SSSR count). The second kappa shape index (κ2) is 4.29. The normalized spacial score (nSPS) is 16.5. The van der Waals surface area contributed by atoms with E-state index >= 15 is 0 Å². The maximum absolute atomic E-state index is 11.7. The van der Waals surface area contributed by atoms with Crippen LogP contribution in [0.15, 0.2) is 24.5 Å². The predicted octanol–water partition coefficient (Wildman–Crippen LogP) is 0.992. The minimum Gasteiger partial charge on any atom is -0.619 e. The number of aromatic nitrogens is 1. The van der Waals surface area contributed by atoms with Crippen molar-refractivity contribution in [3.8, 4) is 0 Å². The van der Waals surface area contributed by atoms with Gasteiger partial charge in [0.25, 0.3) is 5.91 Å². The summed E-state index contributed by atoms with van der Waals surface area (Å²) in [7, 11) is 0. The van der Waals surface area contributed by atoms with E-state index in [1.807, 2.05) is 0 Å².